The van der Waals surface area contributed by atoms with E-state index >= 15 is 0 Å². The zero-order chi connectivity index (χ0) is 16.7. The van der Waals surface area contributed by atoms with Crippen molar-refractivity contribution in [1.29, 1.82) is 0 Å². The minimum atomic E-state index is -0.228. The van der Waals surface area contributed by atoms with E-state index in [4.69, 9.17) is 4.74 Å². The standard InChI is InChI=1S/C19H22FNO2/c1-14(15-7-9-17(23-2)10-8-15)13-19(22)21-12-11-16-5-3-4-6-18(16)20/h3-10,14H,11-13H2,1-2H3,(H,21,22). The third-order valence-electron chi connectivity index (χ3n) is 3.85. The molecule has 0 spiro atoms. The van der Waals surface area contributed by atoms with Crippen molar-refractivity contribution in [2.24, 2.45) is 0 Å². The lowest BCUT2D eigenvalue weighted by Crippen LogP contribution is -2.26. The molecule has 0 aliphatic heterocycles. The molecule has 3 nitrogen and oxygen atoms in total. The second kappa shape index (κ2) is 8.32. The van der Waals surface area contributed by atoms with Gasteiger partial charge in [-0.3, -0.25) is 4.79 Å². The average molecular weight is 315 g/mol. The van der Waals surface area contributed by atoms with E-state index in [1.54, 1.807) is 25.3 Å². The van der Waals surface area contributed by atoms with E-state index in [0.717, 1.165) is 11.3 Å². The average Bonchev–Trinajstić information content (AvgIpc) is 2.56. The fourth-order valence-electron chi connectivity index (χ4n) is 2.44. The van der Waals surface area contributed by atoms with Crippen molar-refractivity contribution >= 4 is 5.91 Å². The van der Waals surface area contributed by atoms with Gasteiger partial charge in [0.15, 0.2) is 0 Å². The molecule has 0 fully saturated rings. The van der Waals surface area contributed by atoms with Crippen LogP contribution in [0.15, 0.2) is 48.5 Å². The molecule has 122 valence electrons. The molecule has 0 saturated heterocycles. The summed E-state index contributed by atoms with van der Waals surface area (Å²) in [6.07, 6.45) is 0.902. The number of benzene rings is 2. The molecule has 1 amide bonds. The second-order valence-corrected chi connectivity index (χ2v) is 5.57. The van der Waals surface area contributed by atoms with Crippen LogP contribution >= 0.6 is 0 Å². The Kier molecular flexibility index (Phi) is 6.15. The van der Waals surface area contributed by atoms with Crippen LogP contribution in [-0.2, 0) is 11.2 Å². The number of carbonyl (C=O) groups is 1. The maximum atomic E-state index is 13.5. The van der Waals surface area contributed by atoms with Gasteiger partial charge in [-0.2, -0.15) is 0 Å². The molecule has 2 rings (SSSR count). The first-order valence-electron chi connectivity index (χ1n) is 7.74. The van der Waals surface area contributed by atoms with Gasteiger partial charge in [0.25, 0.3) is 0 Å². The molecule has 2 aromatic rings. The van der Waals surface area contributed by atoms with Crippen molar-refractivity contribution in [3.05, 3.63) is 65.5 Å². The van der Waals surface area contributed by atoms with Crippen molar-refractivity contribution in [2.45, 2.75) is 25.7 Å². The van der Waals surface area contributed by atoms with Crippen LogP contribution in [0.3, 0.4) is 0 Å². The molecule has 0 aliphatic rings. The number of amides is 1. The molecular weight excluding hydrogens is 293 g/mol. The van der Waals surface area contributed by atoms with Gasteiger partial charge >= 0.3 is 0 Å². The summed E-state index contributed by atoms with van der Waals surface area (Å²) >= 11 is 0. The monoisotopic (exact) mass is 315 g/mol. The van der Waals surface area contributed by atoms with Gasteiger partial charge in [0, 0.05) is 13.0 Å². The smallest absolute Gasteiger partial charge is 0.220 e. The van der Waals surface area contributed by atoms with Crippen molar-refractivity contribution in [1.82, 2.24) is 5.32 Å². The minimum Gasteiger partial charge on any atom is -0.497 e. The van der Waals surface area contributed by atoms with Gasteiger partial charge in [-0.05, 0) is 41.7 Å². The van der Waals surface area contributed by atoms with Crippen LogP contribution < -0.4 is 10.1 Å². The molecule has 0 aliphatic carbocycles. The Hall–Kier alpha value is -2.36. The highest BCUT2D eigenvalue weighted by molar-refractivity contribution is 5.76. The van der Waals surface area contributed by atoms with E-state index in [1.165, 1.54) is 6.07 Å². The highest BCUT2D eigenvalue weighted by atomic mass is 19.1. The predicted octanol–water partition coefficient (Wildman–Crippen LogP) is 3.69. The van der Waals surface area contributed by atoms with Crippen LogP contribution in [0.25, 0.3) is 0 Å². The quantitative estimate of drug-likeness (QED) is 0.846. The van der Waals surface area contributed by atoms with Gasteiger partial charge < -0.3 is 10.1 Å². The fourth-order valence-corrected chi connectivity index (χ4v) is 2.44. The van der Waals surface area contributed by atoms with Crippen molar-refractivity contribution in [2.75, 3.05) is 13.7 Å². The summed E-state index contributed by atoms with van der Waals surface area (Å²) in [5.74, 6) is 0.669. The molecule has 1 unspecified atom stereocenters. The molecule has 0 bridgehead atoms. The Labute approximate surface area is 136 Å². The lowest BCUT2D eigenvalue weighted by molar-refractivity contribution is -0.121. The van der Waals surface area contributed by atoms with E-state index in [9.17, 15) is 9.18 Å². The maximum Gasteiger partial charge on any atom is 0.220 e. The van der Waals surface area contributed by atoms with Gasteiger partial charge in [0.1, 0.15) is 11.6 Å². The summed E-state index contributed by atoms with van der Waals surface area (Å²) < 4.78 is 18.6. The third-order valence-corrected chi connectivity index (χ3v) is 3.85. The zero-order valence-electron chi connectivity index (χ0n) is 13.5. The minimum absolute atomic E-state index is 0.0235. The summed E-state index contributed by atoms with van der Waals surface area (Å²) in [6, 6.07) is 14.3. The topological polar surface area (TPSA) is 38.3 Å². The molecule has 4 heteroatoms. The molecule has 0 aromatic heterocycles. The van der Waals surface area contributed by atoms with Crippen LogP contribution in [0, 0.1) is 5.82 Å². The number of ether oxygens (including phenoxy) is 1. The molecule has 23 heavy (non-hydrogen) atoms. The Morgan fingerprint density at radius 3 is 2.52 bits per heavy atom. The normalized spacial score (nSPS) is 11.8. The van der Waals surface area contributed by atoms with Crippen LogP contribution in [0.1, 0.15) is 30.4 Å². The van der Waals surface area contributed by atoms with Crippen molar-refractivity contribution in [3.63, 3.8) is 0 Å². The first-order valence-corrected chi connectivity index (χ1v) is 7.74. The fraction of sp³-hybridized carbons (Fsp3) is 0.316. The number of halogens is 1. The first kappa shape index (κ1) is 17.0. The number of hydrogen-bond donors (Lipinski definition) is 1. The predicted molar refractivity (Wildman–Crippen MR) is 89.1 cm³/mol. The summed E-state index contributed by atoms with van der Waals surface area (Å²) in [7, 11) is 1.63. The van der Waals surface area contributed by atoms with E-state index < -0.39 is 0 Å². The van der Waals surface area contributed by atoms with Gasteiger partial charge in [-0.1, -0.05) is 37.3 Å². The molecule has 0 saturated carbocycles. The number of carbonyl (C=O) groups excluding carboxylic acids is 1. The summed E-state index contributed by atoms with van der Waals surface area (Å²) in [6.45, 7) is 2.45. The highest BCUT2D eigenvalue weighted by Gasteiger charge is 2.11. The summed E-state index contributed by atoms with van der Waals surface area (Å²) in [5.41, 5.74) is 1.71. The lowest BCUT2D eigenvalue weighted by Gasteiger charge is -2.13. The van der Waals surface area contributed by atoms with E-state index in [0.29, 0.717) is 24.9 Å². The molecule has 0 heterocycles. The first-order chi connectivity index (χ1) is 11.1. The highest BCUT2D eigenvalue weighted by Crippen LogP contribution is 2.21. The summed E-state index contributed by atoms with van der Waals surface area (Å²) in [4.78, 5) is 12.0. The van der Waals surface area contributed by atoms with E-state index in [2.05, 4.69) is 5.32 Å². The van der Waals surface area contributed by atoms with Gasteiger partial charge in [0.05, 0.1) is 7.11 Å². The van der Waals surface area contributed by atoms with Crippen LogP contribution in [0.4, 0.5) is 4.39 Å². The van der Waals surface area contributed by atoms with Crippen molar-refractivity contribution in [3.8, 4) is 5.75 Å². The zero-order valence-corrected chi connectivity index (χ0v) is 13.5. The van der Waals surface area contributed by atoms with Crippen LogP contribution in [0.2, 0.25) is 0 Å². The number of nitrogens with one attached hydrogen (secondary N) is 1. The Morgan fingerprint density at radius 2 is 1.87 bits per heavy atom. The molecule has 0 radical (unpaired) electrons. The Balaban J connectivity index is 1.78. The van der Waals surface area contributed by atoms with Gasteiger partial charge in [0.2, 0.25) is 5.91 Å². The van der Waals surface area contributed by atoms with Gasteiger partial charge in [-0.25, -0.2) is 4.39 Å². The SMILES string of the molecule is COc1ccc(C(C)CC(=O)NCCc2ccccc2F)cc1. The van der Waals surface area contributed by atoms with E-state index in [1.807, 2.05) is 31.2 Å². The van der Waals surface area contributed by atoms with Crippen LogP contribution in [0.5, 0.6) is 5.75 Å². The number of rotatable bonds is 7. The van der Waals surface area contributed by atoms with Gasteiger partial charge in [-0.15, -0.1) is 0 Å². The van der Waals surface area contributed by atoms with Crippen molar-refractivity contribution < 1.29 is 13.9 Å². The molecule has 2 aromatic carbocycles. The third kappa shape index (κ3) is 5.09. The molecule has 1 atom stereocenters. The number of hydrogen-bond acceptors (Lipinski definition) is 2. The summed E-state index contributed by atoms with van der Waals surface area (Å²) in [5, 5.41) is 2.85. The number of methoxy groups -OCH3 is 1. The molecule has 1 N–H and O–H groups in total. The maximum absolute atomic E-state index is 13.5. The molecular formula is C19H22FNO2. The Bertz CT molecular complexity index is 640. The second-order valence-electron chi connectivity index (χ2n) is 5.57. The van der Waals surface area contributed by atoms with E-state index in [-0.39, 0.29) is 17.6 Å². The Morgan fingerprint density at radius 1 is 1.17 bits per heavy atom. The van der Waals surface area contributed by atoms with Crippen LogP contribution in [-0.4, -0.2) is 19.6 Å². The lowest BCUT2D eigenvalue weighted by atomic mass is 9.97. The largest absolute Gasteiger partial charge is 0.497 e.